The van der Waals surface area contributed by atoms with E-state index in [1.54, 1.807) is 25.1 Å². The summed E-state index contributed by atoms with van der Waals surface area (Å²) in [7, 11) is -3.80. The van der Waals surface area contributed by atoms with Gasteiger partial charge in [-0.25, -0.2) is 13.2 Å². The third-order valence-corrected chi connectivity index (χ3v) is 7.73. The van der Waals surface area contributed by atoms with Crippen LogP contribution in [0.1, 0.15) is 34.3 Å². The van der Waals surface area contributed by atoms with Crippen LogP contribution in [0.5, 0.6) is 0 Å². The third-order valence-electron chi connectivity index (χ3n) is 6.20. The Morgan fingerprint density at radius 3 is 2.13 bits per heavy atom. The first kappa shape index (κ1) is 29.2. The summed E-state index contributed by atoms with van der Waals surface area (Å²) in [6, 6.07) is 10.7. The lowest BCUT2D eigenvalue weighted by atomic mass is 10.1. The van der Waals surface area contributed by atoms with E-state index in [1.807, 2.05) is 30.0 Å². The van der Waals surface area contributed by atoms with Crippen molar-refractivity contribution in [3.05, 3.63) is 53.1 Å². The second-order valence-corrected chi connectivity index (χ2v) is 10.8. The van der Waals surface area contributed by atoms with Crippen LogP contribution in [0.3, 0.4) is 0 Å². The van der Waals surface area contributed by atoms with Crippen LogP contribution in [-0.2, 0) is 14.8 Å². The number of anilines is 2. The molecule has 2 aromatic carbocycles. The SMILES string of the molecule is Cc1ccc(S(=O)(=O)Nc2cc(C(=O)N3CCCC3)ccc2N2CCNCC2)c(C)c1.O=C(O)C(F)(F)F. The molecule has 0 saturated carbocycles. The number of hydrogen-bond donors (Lipinski definition) is 3. The van der Waals surface area contributed by atoms with Crippen LogP contribution < -0.4 is 14.9 Å². The number of likely N-dealkylation sites (tertiary alicyclic amines) is 1. The minimum absolute atomic E-state index is 0.0451. The molecule has 0 aromatic heterocycles. The highest BCUT2D eigenvalue weighted by Gasteiger charge is 2.38. The summed E-state index contributed by atoms with van der Waals surface area (Å²) >= 11 is 0. The minimum Gasteiger partial charge on any atom is -0.475 e. The first-order valence-corrected chi connectivity index (χ1v) is 13.6. The average Bonchev–Trinajstić information content (AvgIpc) is 3.38. The van der Waals surface area contributed by atoms with E-state index in [0.29, 0.717) is 16.8 Å². The number of carbonyl (C=O) groups is 2. The van der Waals surface area contributed by atoms with E-state index in [9.17, 15) is 26.4 Å². The summed E-state index contributed by atoms with van der Waals surface area (Å²) in [5.41, 5.74) is 3.47. The quantitative estimate of drug-likeness (QED) is 0.517. The summed E-state index contributed by atoms with van der Waals surface area (Å²) < 4.78 is 61.1. The van der Waals surface area contributed by atoms with Gasteiger partial charge in [0.15, 0.2) is 0 Å². The number of sulfonamides is 1. The van der Waals surface area contributed by atoms with Gasteiger partial charge in [-0.1, -0.05) is 17.7 Å². The van der Waals surface area contributed by atoms with Crippen LogP contribution in [0.15, 0.2) is 41.3 Å². The van der Waals surface area contributed by atoms with E-state index in [2.05, 4.69) is 14.9 Å². The highest BCUT2D eigenvalue weighted by molar-refractivity contribution is 7.92. The first-order chi connectivity index (χ1) is 17.8. The fourth-order valence-corrected chi connectivity index (χ4v) is 5.63. The van der Waals surface area contributed by atoms with Gasteiger partial charge in [0.05, 0.1) is 16.3 Å². The molecule has 0 spiro atoms. The van der Waals surface area contributed by atoms with Crippen molar-refractivity contribution in [3.8, 4) is 0 Å². The Morgan fingerprint density at radius 1 is 0.974 bits per heavy atom. The molecule has 2 aliphatic rings. The zero-order chi connectivity index (χ0) is 28.1. The van der Waals surface area contributed by atoms with Gasteiger partial charge in [0, 0.05) is 44.8 Å². The van der Waals surface area contributed by atoms with Crippen molar-refractivity contribution in [2.24, 2.45) is 0 Å². The second kappa shape index (κ2) is 12.0. The molecule has 2 aromatic rings. The fraction of sp³-hybridized carbons (Fsp3) is 0.440. The van der Waals surface area contributed by atoms with Gasteiger partial charge in [0.2, 0.25) is 0 Å². The Morgan fingerprint density at radius 2 is 1.58 bits per heavy atom. The zero-order valence-corrected chi connectivity index (χ0v) is 22.0. The number of aryl methyl sites for hydroxylation is 2. The van der Waals surface area contributed by atoms with Crippen molar-refractivity contribution in [3.63, 3.8) is 0 Å². The number of hydrogen-bond acceptors (Lipinski definition) is 6. The van der Waals surface area contributed by atoms with Gasteiger partial charge in [-0.2, -0.15) is 13.2 Å². The predicted molar refractivity (Wildman–Crippen MR) is 137 cm³/mol. The smallest absolute Gasteiger partial charge is 0.475 e. The average molecular weight is 557 g/mol. The van der Waals surface area contributed by atoms with E-state index < -0.39 is 22.2 Å². The summed E-state index contributed by atoms with van der Waals surface area (Å²) in [6.45, 7) is 8.45. The molecule has 2 fully saturated rings. The molecule has 9 nitrogen and oxygen atoms in total. The van der Waals surface area contributed by atoms with Crippen LogP contribution in [0.25, 0.3) is 0 Å². The zero-order valence-electron chi connectivity index (χ0n) is 21.1. The van der Waals surface area contributed by atoms with Gasteiger partial charge in [-0.3, -0.25) is 9.52 Å². The molecule has 0 aliphatic carbocycles. The highest BCUT2D eigenvalue weighted by atomic mass is 32.2. The normalized spacial score (nSPS) is 16.0. The lowest BCUT2D eigenvalue weighted by molar-refractivity contribution is -0.192. The number of amides is 1. The highest BCUT2D eigenvalue weighted by Crippen LogP contribution is 2.31. The number of alkyl halides is 3. The predicted octanol–water partition coefficient (Wildman–Crippen LogP) is 3.38. The van der Waals surface area contributed by atoms with Crippen LogP contribution in [0.4, 0.5) is 24.5 Å². The third kappa shape index (κ3) is 7.38. The molecule has 0 atom stereocenters. The van der Waals surface area contributed by atoms with E-state index in [4.69, 9.17) is 9.90 Å². The topological polar surface area (TPSA) is 119 Å². The molecule has 4 rings (SSSR count). The van der Waals surface area contributed by atoms with Crippen LogP contribution in [0.2, 0.25) is 0 Å². The number of benzene rings is 2. The molecule has 2 saturated heterocycles. The number of nitrogens with zero attached hydrogens (tertiary/aromatic N) is 2. The molecule has 13 heteroatoms. The second-order valence-electron chi connectivity index (χ2n) is 9.15. The Kier molecular flexibility index (Phi) is 9.26. The molecule has 2 aliphatic heterocycles. The van der Waals surface area contributed by atoms with Crippen molar-refractivity contribution in [1.29, 1.82) is 0 Å². The molecular weight excluding hydrogens is 525 g/mol. The van der Waals surface area contributed by atoms with Gasteiger partial charge in [0.25, 0.3) is 15.9 Å². The van der Waals surface area contributed by atoms with Crippen LogP contribution >= 0.6 is 0 Å². The Labute approximate surface area is 219 Å². The van der Waals surface area contributed by atoms with E-state index in [1.165, 1.54) is 0 Å². The molecule has 3 N–H and O–H groups in total. The van der Waals surface area contributed by atoms with Gasteiger partial charge >= 0.3 is 12.1 Å². The number of rotatable bonds is 5. The molecule has 0 bridgehead atoms. The van der Waals surface area contributed by atoms with Crippen molar-refractivity contribution >= 4 is 33.3 Å². The molecule has 0 unspecified atom stereocenters. The Bertz CT molecular complexity index is 1270. The number of piperazine rings is 1. The molecule has 0 radical (unpaired) electrons. The Hall–Kier alpha value is -3.32. The maximum Gasteiger partial charge on any atom is 0.490 e. The molecular formula is C25H31F3N4O5S. The number of carbonyl (C=O) groups excluding carboxylic acids is 1. The van der Waals surface area contributed by atoms with E-state index in [-0.39, 0.29) is 10.8 Å². The molecule has 2 heterocycles. The van der Waals surface area contributed by atoms with E-state index >= 15 is 0 Å². The fourth-order valence-electron chi connectivity index (χ4n) is 4.34. The number of carboxylic acid groups (broad SMARTS) is 1. The van der Waals surface area contributed by atoms with Gasteiger partial charge in [0.1, 0.15) is 0 Å². The first-order valence-electron chi connectivity index (χ1n) is 12.1. The number of carboxylic acids is 1. The van der Waals surface area contributed by atoms with Crippen molar-refractivity contribution in [1.82, 2.24) is 10.2 Å². The van der Waals surface area contributed by atoms with Gasteiger partial charge < -0.3 is 20.2 Å². The number of halogens is 3. The standard InChI is InChI=1S/C23H30N4O3S.C2HF3O2/c1-17-5-8-22(18(2)15-17)31(29,30)25-20-16-19(23(28)27-11-3-4-12-27)6-7-21(20)26-13-9-24-10-14-26;3-2(4,5)1(6)7/h5-8,15-16,24-25H,3-4,9-14H2,1-2H3;(H,6,7). The maximum atomic E-state index is 13.3. The summed E-state index contributed by atoms with van der Waals surface area (Å²) in [5, 5.41) is 10.4. The molecule has 1 amide bonds. The largest absolute Gasteiger partial charge is 0.490 e. The van der Waals surface area contributed by atoms with Crippen LogP contribution in [-0.4, -0.2) is 75.7 Å². The van der Waals surface area contributed by atoms with E-state index in [0.717, 1.165) is 63.4 Å². The lowest BCUT2D eigenvalue weighted by Gasteiger charge is -2.31. The molecule has 208 valence electrons. The monoisotopic (exact) mass is 556 g/mol. The summed E-state index contributed by atoms with van der Waals surface area (Å²) in [4.78, 5) is 26.1. The van der Waals surface area contributed by atoms with Crippen molar-refractivity contribution in [2.75, 3.05) is 48.9 Å². The summed E-state index contributed by atoms with van der Waals surface area (Å²) in [6.07, 6.45) is -3.06. The Balaban J connectivity index is 0.000000505. The van der Waals surface area contributed by atoms with Gasteiger partial charge in [-0.15, -0.1) is 0 Å². The maximum absolute atomic E-state index is 13.3. The van der Waals surface area contributed by atoms with Gasteiger partial charge in [-0.05, 0) is 56.5 Å². The van der Waals surface area contributed by atoms with Crippen molar-refractivity contribution < 1.29 is 36.3 Å². The molecule has 38 heavy (non-hydrogen) atoms. The number of aliphatic carboxylic acids is 1. The lowest BCUT2D eigenvalue weighted by Crippen LogP contribution is -2.43. The van der Waals surface area contributed by atoms with Crippen LogP contribution in [0, 0.1) is 13.8 Å². The number of nitrogens with one attached hydrogen (secondary N) is 2. The summed E-state index contributed by atoms with van der Waals surface area (Å²) in [5.74, 6) is -2.80. The minimum atomic E-state index is -5.08. The van der Waals surface area contributed by atoms with Crippen molar-refractivity contribution in [2.45, 2.75) is 37.8 Å².